The number of phenols is 2. The summed E-state index contributed by atoms with van der Waals surface area (Å²) in [7, 11) is 5.97. The number of aromatic nitrogens is 1. The summed E-state index contributed by atoms with van der Waals surface area (Å²) in [5.74, 6) is 9.29. The number of phenolic OH excluding ortho intramolecular Hbond substituents is 2. The van der Waals surface area contributed by atoms with E-state index in [4.69, 9.17) is 25.6 Å². The molecule has 4 heterocycles. The minimum atomic E-state index is -0.948. The van der Waals surface area contributed by atoms with Crippen LogP contribution in [-0.4, -0.2) is 105 Å². The van der Waals surface area contributed by atoms with Crippen molar-refractivity contribution in [1.82, 2.24) is 20.9 Å². The molecule has 14 nitrogen and oxygen atoms in total. The van der Waals surface area contributed by atoms with Crippen molar-refractivity contribution >= 4 is 27.5 Å². The number of ether oxygens (including phenoxy) is 1. The molecule has 9 aliphatic carbocycles. The standard InChI is InChI=1S/C73H103N7O7S2/c1-43(82)37-77-61(38-76-3)68-55-36-60(79-69(55)56-23-29-73(68)26-7-10-67(73)72(56)24-4-5-25-72)64(85)40-86-66-31-45(12-19-63(66)84)11-18-54-33-51(39-81)65(87-54)20-13-46-21-27-71-28-22-48-34-57(71)50(30-46)35-59(74)58(71)41-88-89-42-62(44(48)2)80-70(75)78-52-9-6-8-49(32-52)47-14-16-53(83)17-15-47/h12,14-17,19,22-23,28-29,31,33,36,43-44,46,48-50,52,56-59,61-62,64,67-68,76-77,79,81-85H,4-11,13,18,20-21,24-27,30,32,34-35,37-42,74H2,1-3H3,(H3,75,78,80). The van der Waals surface area contributed by atoms with Crippen molar-refractivity contribution in [2.75, 3.05) is 38.2 Å². The van der Waals surface area contributed by atoms with Crippen LogP contribution in [0.2, 0.25) is 0 Å². The number of aromatic amines is 1. The van der Waals surface area contributed by atoms with Crippen LogP contribution in [-0.2, 0) is 25.9 Å². The van der Waals surface area contributed by atoms with E-state index in [2.05, 4.69) is 70.4 Å². The monoisotopic (exact) mass is 1250 g/mol. The summed E-state index contributed by atoms with van der Waals surface area (Å²) in [4.78, 5) is 9.14. The predicted molar refractivity (Wildman–Crippen MR) is 358 cm³/mol. The second kappa shape index (κ2) is 26.9. The Morgan fingerprint density at radius 1 is 0.854 bits per heavy atom. The fraction of sp³-hybridized carbons (Fsp3) is 0.658. The number of H-pyrrole nitrogens is 1. The molecule has 6 fully saturated rings. The number of aliphatic imine (C=N–C) groups is 1. The number of aryl methyl sites for hydroxylation is 3. The number of aromatic hydroxyl groups is 2. The van der Waals surface area contributed by atoms with Gasteiger partial charge in [-0.2, -0.15) is 0 Å². The topological polar surface area (TPSA) is 240 Å². The maximum atomic E-state index is 12.0. The number of rotatable bonds is 20. The average Bonchev–Trinajstić information content (AvgIpc) is 1.30. The number of allylic oxidation sites excluding steroid dienone is 4. The molecule has 89 heavy (non-hydrogen) atoms. The molecule has 2 aliphatic heterocycles. The van der Waals surface area contributed by atoms with E-state index in [1.807, 2.05) is 53.8 Å². The first-order valence-corrected chi connectivity index (χ1v) is 37.1. The van der Waals surface area contributed by atoms with Crippen LogP contribution in [0.5, 0.6) is 17.2 Å². The molecule has 15 rings (SSSR count). The average molecular weight is 1250 g/mol. The van der Waals surface area contributed by atoms with Gasteiger partial charge in [0.25, 0.3) is 0 Å². The van der Waals surface area contributed by atoms with Crippen molar-refractivity contribution in [3.8, 4) is 17.2 Å². The van der Waals surface area contributed by atoms with E-state index in [-0.39, 0.29) is 71.2 Å². The molecule has 11 aliphatic rings. The minimum Gasteiger partial charge on any atom is -0.508 e. The summed E-state index contributed by atoms with van der Waals surface area (Å²) >= 11 is 0. The summed E-state index contributed by atoms with van der Waals surface area (Å²) in [6.07, 6.45) is 30.8. The third kappa shape index (κ3) is 12.6. The first-order chi connectivity index (χ1) is 43.2. The fourth-order valence-electron chi connectivity index (χ4n) is 20.3. The lowest BCUT2D eigenvalue weighted by Gasteiger charge is -2.56. The summed E-state index contributed by atoms with van der Waals surface area (Å²) < 4.78 is 13.0. The number of hydrogen-bond donors (Lipinski definition) is 11. The van der Waals surface area contributed by atoms with Gasteiger partial charge >= 0.3 is 0 Å². The second-order valence-electron chi connectivity index (χ2n) is 29.5. The number of nitrogens with two attached hydrogens (primary N) is 2. The van der Waals surface area contributed by atoms with E-state index in [1.54, 1.807) is 18.2 Å². The smallest absolute Gasteiger partial charge is 0.189 e. The van der Waals surface area contributed by atoms with Crippen molar-refractivity contribution in [2.45, 2.75) is 203 Å². The highest BCUT2D eigenvalue weighted by molar-refractivity contribution is 8.76. The van der Waals surface area contributed by atoms with Crippen LogP contribution in [0.25, 0.3) is 0 Å². The Labute approximate surface area is 536 Å². The molecule has 13 N–H and O–H groups in total. The Morgan fingerprint density at radius 3 is 2.48 bits per heavy atom. The Hall–Kier alpha value is -4.39. The molecule has 484 valence electrons. The van der Waals surface area contributed by atoms with Gasteiger partial charge in [-0.1, -0.05) is 96.7 Å². The van der Waals surface area contributed by atoms with Gasteiger partial charge in [0.2, 0.25) is 0 Å². The van der Waals surface area contributed by atoms with Crippen LogP contribution in [0.3, 0.4) is 0 Å². The zero-order valence-corrected chi connectivity index (χ0v) is 54.7. The van der Waals surface area contributed by atoms with Crippen molar-refractivity contribution < 1.29 is 34.7 Å². The van der Waals surface area contributed by atoms with Gasteiger partial charge in [0.1, 0.15) is 30.0 Å². The normalized spacial score (nSPS) is 34.7. The Balaban J connectivity index is 0.640. The number of guanidine groups is 1. The predicted octanol–water partition coefficient (Wildman–Crippen LogP) is 12.0. The van der Waals surface area contributed by atoms with Crippen LogP contribution >= 0.6 is 21.6 Å². The molecule has 18 atom stereocenters. The molecular formula is C73H103N7O7S2. The second-order valence-corrected chi connectivity index (χ2v) is 32.1. The highest BCUT2D eigenvalue weighted by atomic mass is 33.1. The number of aliphatic hydroxyl groups excluding tert-OH is 3. The molecule has 3 spiro atoms. The number of likely N-dealkylation sites (N-methyl/N-ethyl adjacent to an activating group) is 1. The SMILES string of the molecule is CNCC(NCC(C)O)C1c2cc(C(O)COc3cc(CCc4cc(CO)c(CCC5CCC67C=CC8CC6C(C5)CC(N)C7CSSCC(N=C(N)NC5CCCC(c6ccc(O)cc6)C5)C8C)o4)ccc3O)[nH]c2C2C=CC13CCCC3C21CCCC1. The van der Waals surface area contributed by atoms with Crippen LogP contribution in [0, 0.1) is 57.7 Å². The summed E-state index contributed by atoms with van der Waals surface area (Å²) in [5, 5.41) is 65.2. The molecule has 4 aromatic rings. The van der Waals surface area contributed by atoms with Gasteiger partial charge < -0.3 is 67.1 Å². The number of hydrogen-bond acceptors (Lipinski definition) is 13. The third-order valence-electron chi connectivity index (χ3n) is 24.6. The summed E-state index contributed by atoms with van der Waals surface area (Å²) in [6.45, 7) is 5.45. The molecule has 18 unspecified atom stereocenters. The van der Waals surface area contributed by atoms with Gasteiger partial charge in [0.15, 0.2) is 17.5 Å². The van der Waals surface area contributed by atoms with E-state index in [0.717, 1.165) is 104 Å². The van der Waals surface area contributed by atoms with Crippen LogP contribution in [0.4, 0.5) is 0 Å². The number of nitrogens with one attached hydrogen (secondary N) is 4. The van der Waals surface area contributed by atoms with E-state index in [0.29, 0.717) is 84.2 Å². The van der Waals surface area contributed by atoms with Crippen molar-refractivity contribution in [1.29, 1.82) is 0 Å². The van der Waals surface area contributed by atoms with Crippen LogP contribution < -0.4 is 32.2 Å². The van der Waals surface area contributed by atoms with E-state index >= 15 is 0 Å². The molecule has 2 aromatic heterocycles. The van der Waals surface area contributed by atoms with Gasteiger partial charge in [0, 0.05) is 89.8 Å². The Bertz CT molecular complexity index is 3160. The number of benzene rings is 2. The molecular weight excluding hydrogens is 1150 g/mol. The van der Waals surface area contributed by atoms with E-state index < -0.39 is 12.2 Å². The van der Waals surface area contributed by atoms with Gasteiger partial charge in [0.05, 0.1) is 18.8 Å². The van der Waals surface area contributed by atoms with Crippen LogP contribution in [0.15, 0.2) is 88.3 Å². The summed E-state index contributed by atoms with van der Waals surface area (Å²) in [6, 6.07) is 18.1. The lowest BCUT2D eigenvalue weighted by Crippen LogP contribution is -2.55. The number of fused-ring (bicyclic) bond motifs is 5. The van der Waals surface area contributed by atoms with Crippen molar-refractivity contribution in [3.05, 3.63) is 124 Å². The molecule has 7 bridgehead atoms. The highest BCUT2D eigenvalue weighted by Gasteiger charge is 2.65. The Morgan fingerprint density at radius 2 is 1.67 bits per heavy atom. The molecule has 0 radical (unpaired) electrons. The van der Waals surface area contributed by atoms with E-state index in [9.17, 15) is 25.5 Å². The lowest BCUT2D eigenvalue weighted by atomic mass is 9.50. The summed E-state index contributed by atoms with van der Waals surface area (Å²) in [5.41, 5.74) is 20.9. The largest absolute Gasteiger partial charge is 0.508 e. The highest BCUT2D eigenvalue weighted by Crippen LogP contribution is 2.73. The third-order valence-corrected chi connectivity index (χ3v) is 27.0. The maximum Gasteiger partial charge on any atom is 0.189 e. The number of furan rings is 1. The lowest BCUT2D eigenvalue weighted by molar-refractivity contribution is -0.00497. The van der Waals surface area contributed by atoms with Crippen molar-refractivity contribution in [3.63, 3.8) is 0 Å². The van der Waals surface area contributed by atoms with E-state index in [1.165, 1.54) is 74.6 Å². The van der Waals surface area contributed by atoms with Gasteiger partial charge in [-0.05, 0) is 215 Å². The van der Waals surface area contributed by atoms with Crippen molar-refractivity contribution in [2.24, 2.45) is 74.1 Å². The van der Waals surface area contributed by atoms with Crippen LogP contribution in [0.1, 0.15) is 192 Å². The zero-order chi connectivity index (χ0) is 61.6. The number of nitrogens with zero attached hydrogens (tertiary/aromatic N) is 1. The molecule has 5 saturated carbocycles. The van der Waals surface area contributed by atoms with Gasteiger partial charge in [-0.25, -0.2) is 4.99 Å². The fourth-order valence-corrected chi connectivity index (χ4v) is 23.2. The zero-order valence-electron chi connectivity index (χ0n) is 53.1. The van der Waals surface area contributed by atoms with Gasteiger partial charge in [-0.15, -0.1) is 0 Å². The number of aliphatic hydroxyl groups is 3. The first kappa shape index (κ1) is 63.4. The maximum absolute atomic E-state index is 12.0. The molecule has 1 saturated heterocycles. The molecule has 16 heteroatoms. The van der Waals surface area contributed by atoms with Gasteiger partial charge in [-0.3, -0.25) is 0 Å². The molecule has 0 amide bonds. The minimum absolute atomic E-state index is 0.00166. The molecule has 2 aromatic carbocycles. The Kier molecular flexibility index (Phi) is 19.2. The quantitative estimate of drug-likeness (QED) is 0.0171. The first-order valence-electron chi connectivity index (χ1n) is 34.6.